The van der Waals surface area contributed by atoms with Crippen LogP contribution < -0.4 is 4.90 Å². The number of nitrogens with zero attached hydrogens (tertiary/aromatic N) is 2. The van der Waals surface area contributed by atoms with Crippen LogP contribution in [0.5, 0.6) is 0 Å². The second-order valence-electron chi connectivity index (χ2n) is 12.1. The third-order valence-electron chi connectivity index (χ3n) is 9.43. The molecule has 2 aliphatic carbocycles. The summed E-state index contributed by atoms with van der Waals surface area (Å²) in [6.07, 6.45) is 1.47. The van der Waals surface area contributed by atoms with Crippen molar-refractivity contribution in [3.05, 3.63) is 64.7 Å². The number of imide groups is 2. The first-order chi connectivity index (χ1) is 16.9. The molecule has 4 aliphatic rings. The van der Waals surface area contributed by atoms with Crippen LogP contribution in [0.1, 0.15) is 62.3 Å². The Kier molecular flexibility index (Phi) is 4.74. The number of aryl methyl sites for hydroxylation is 1. The molecule has 0 spiro atoms. The normalized spacial score (nSPS) is 32.7. The van der Waals surface area contributed by atoms with E-state index in [2.05, 4.69) is 58.0 Å². The van der Waals surface area contributed by atoms with E-state index in [-0.39, 0.29) is 47.3 Å². The molecule has 6 rings (SSSR count). The molecule has 0 radical (unpaired) electrons. The summed E-state index contributed by atoms with van der Waals surface area (Å²) in [5, 5.41) is 0. The highest BCUT2D eigenvalue weighted by atomic mass is 16.2. The molecular weight excluding hydrogens is 452 g/mol. The maximum Gasteiger partial charge on any atom is 0.237 e. The van der Waals surface area contributed by atoms with Gasteiger partial charge in [0.15, 0.2) is 0 Å². The first kappa shape index (κ1) is 23.1. The van der Waals surface area contributed by atoms with Gasteiger partial charge >= 0.3 is 0 Å². The lowest BCUT2D eigenvalue weighted by atomic mass is 9.70. The third-order valence-corrected chi connectivity index (χ3v) is 9.43. The van der Waals surface area contributed by atoms with E-state index in [0.717, 1.165) is 16.9 Å². The highest BCUT2D eigenvalue weighted by Gasteiger charge is 2.59. The van der Waals surface area contributed by atoms with Gasteiger partial charge in [0.2, 0.25) is 23.6 Å². The van der Waals surface area contributed by atoms with Gasteiger partial charge in [-0.3, -0.25) is 29.0 Å². The Balaban J connectivity index is 1.36. The van der Waals surface area contributed by atoms with Gasteiger partial charge in [-0.2, -0.15) is 0 Å². The van der Waals surface area contributed by atoms with Crippen molar-refractivity contribution in [3.8, 4) is 0 Å². The highest BCUT2D eigenvalue weighted by Crippen LogP contribution is 2.54. The zero-order chi connectivity index (χ0) is 25.7. The van der Waals surface area contributed by atoms with Gasteiger partial charge in [-0.25, -0.2) is 0 Å². The second kappa shape index (κ2) is 7.37. The van der Waals surface area contributed by atoms with Crippen LogP contribution in [0.4, 0.5) is 5.69 Å². The van der Waals surface area contributed by atoms with E-state index in [4.69, 9.17) is 0 Å². The molecule has 1 saturated carbocycles. The van der Waals surface area contributed by atoms with Crippen LogP contribution >= 0.6 is 0 Å². The minimum absolute atomic E-state index is 0.135. The number of likely N-dealkylation sites (tertiary alicyclic amines) is 1. The van der Waals surface area contributed by atoms with Crippen LogP contribution in [0, 0.1) is 30.6 Å². The topological polar surface area (TPSA) is 74.8 Å². The Morgan fingerprint density at radius 3 is 1.81 bits per heavy atom. The molecule has 2 aromatic carbocycles. The number of amides is 4. The van der Waals surface area contributed by atoms with Crippen LogP contribution in [0.15, 0.2) is 42.5 Å². The van der Waals surface area contributed by atoms with Crippen molar-refractivity contribution in [2.75, 3.05) is 11.9 Å². The summed E-state index contributed by atoms with van der Waals surface area (Å²) in [5.41, 5.74) is 5.17. The van der Waals surface area contributed by atoms with Gasteiger partial charge in [0, 0.05) is 12.5 Å². The van der Waals surface area contributed by atoms with Crippen molar-refractivity contribution in [3.63, 3.8) is 0 Å². The number of carbonyl (C=O) groups is 4. The zero-order valence-electron chi connectivity index (χ0n) is 21.5. The van der Waals surface area contributed by atoms with Gasteiger partial charge in [0.1, 0.15) is 0 Å². The number of hydrogen-bond donors (Lipinski definition) is 0. The average molecular weight is 485 g/mol. The quantitative estimate of drug-likeness (QED) is 0.601. The van der Waals surface area contributed by atoms with Crippen LogP contribution in [-0.2, 0) is 30.0 Å². The maximum atomic E-state index is 13.5. The lowest BCUT2D eigenvalue weighted by molar-refractivity contribution is -0.138. The van der Waals surface area contributed by atoms with Gasteiger partial charge in [-0.05, 0) is 60.4 Å². The van der Waals surface area contributed by atoms with Crippen molar-refractivity contribution in [1.29, 1.82) is 0 Å². The van der Waals surface area contributed by atoms with E-state index in [1.807, 2.05) is 12.1 Å². The fourth-order valence-corrected chi connectivity index (χ4v) is 7.56. The molecule has 2 heterocycles. The van der Waals surface area contributed by atoms with Crippen LogP contribution in [0.25, 0.3) is 0 Å². The molecule has 0 bridgehead atoms. The molecule has 0 N–H and O–H groups in total. The minimum Gasteiger partial charge on any atom is -0.285 e. The first-order valence-corrected chi connectivity index (χ1v) is 12.9. The molecule has 186 valence electrons. The predicted octanol–water partition coefficient (Wildman–Crippen LogP) is 4.11. The summed E-state index contributed by atoms with van der Waals surface area (Å²) in [5.74, 6) is -2.99. The van der Waals surface area contributed by atoms with Gasteiger partial charge in [-0.1, -0.05) is 56.7 Å². The van der Waals surface area contributed by atoms with E-state index in [9.17, 15) is 19.2 Å². The van der Waals surface area contributed by atoms with Crippen molar-refractivity contribution < 1.29 is 19.2 Å². The number of carbonyl (C=O) groups excluding carboxylic acids is 4. The van der Waals surface area contributed by atoms with Crippen molar-refractivity contribution in [2.45, 2.75) is 57.8 Å². The summed E-state index contributed by atoms with van der Waals surface area (Å²) in [4.78, 5) is 54.7. The lowest BCUT2D eigenvalue weighted by Gasteiger charge is -2.28. The minimum atomic E-state index is -0.541. The average Bonchev–Trinajstić information content (AvgIpc) is 3.31. The molecule has 2 aromatic rings. The summed E-state index contributed by atoms with van der Waals surface area (Å²) in [7, 11) is 1.49. The standard InChI is InChI=1S/C30H32N2O4/c1-16-6-8-17(9-7-16)30(4)15-29(2,3)24-12-18(10-11-23(24)30)32-27(35)21-13-19-20(14-22(21)28(32)36)26(34)31(5)25(19)33/h6-12,19-22H,13-15H2,1-5H3. The van der Waals surface area contributed by atoms with E-state index >= 15 is 0 Å². The molecule has 3 fully saturated rings. The van der Waals surface area contributed by atoms with E-state index in [1.54, 1.807) is 0 Å². The number of fused-ring (bicyclic) bond motifs is 3. The molecule has 36 heavy (non-hydrogen) atoms. The molecule has 6 heteroatoms. The smallest absolute Gasteiger partial charge is 0.237 e. The Morgan fingerprint density at radius 2 is 1.25 bits per heavy atom. The van der Waals surface area contributed by atoms with E-state index < -0.39 is 23.7 Å². The number of anilines is 1. The Morgan fingerprint density at radius 1 is 0.722 bits per heavy atom. The monoisotopic (exact) mass is 484 g/mol. The Bertz CT molecular complexity index is 1300. The van der Waals surface area contributed by atoms with Crippen LogP contribution in [0.3, 0.4) is 0 Å². The summed E-state index contributed by atoms with van der Waals surface area (Å²) < 4.78 is 0. The Labute approximate surface area is 211 Å². The molecule has 5 atom stereocenters. The molecule has 4 amide bonds. The van der Waals surface area contributed by atoms with Gasteiger partial charge in [0.05, 0.1) is 29.4 Å². The SMILES string of the molecule is Cc1ccc(C2(C)CC(C)(C)c3cc(N4C(=O)C5CC6C(=O)N(C)C(=O)C6CC5C4=O)ccc32)cc1. The fourth-order valence-electron chi connectivity index (χ4n) is 7.56. The molecule has 0 aromatic heterocycles. The number of rotatable bonds is 2. The highest BCUT2D eigenvalue weighted by molar-refractivity contribution is 6.22. The zero-order valence-corrected chi connectivity index (χ0v) is 21.5. The lowest BCUT2D eigenvalue weighted by Crippen LogP contribution is -2.35. The summed E-state index contributed by atoms with van der Waals surface area (Å²) in [6.45, 7) is 8.80. The van der Waals surface area contributed by atoms with Crippen molar-refractivity contribution in [2.24, 2.45) is 23.7 Å². The van der Waals surface area contributed by atoms with Gasteiger partial charge in [0.25, 0.3) is 0 Å². The van der Waals surface area contributed by atoms with Gasteiger partial charge < -0.3 is 0 Å². The maximum absolute atomic E-state index is 13.5. The van der Waals surface area contributed by atoms with E-state index in [1.165, 1.54) is 28.6 Å². The first-order valence-electron chi connectivity index (χ1n) is 12.9. The largest absolute Gasteiger partial charge is 0.285 e. The van der Waals surface area contributed by atoms with Crippen molar-refractivity contribution >= 4 is 29.3 Å². The Hall–Kier alpha value is -3.28. The number of hydrogen-bond acceptors (Lipinski definition) is 4. The molecule has 5 unspecified atom stereocenters. The van der Waals surface area contributed by atoms with E-state index in [0.29, 0.717) is 5.69 Å². The molecule has 2 aliphatic heterocycles. The van der Waals surface area contributed by atoms with Crippen LogP contribution in [-0.4, -0.2) is 35.6 Å². The summed E-state index contributed by atoms with van der Waals surface area (Å²) >= 11 is 0. The van der Waals surface area contributed by atoms with Crippen molar-refractivity contribution in [1.82, 2.24) is 4.90 Å². The molecule has 2 saturated heterocycles. The number of benzene rings is 2. The molecular formula is C30H32N2O4. The van der Waals surface area contributed by atoms with Crippen LogP contribution in [0.2, 0.25) is 0 Å². The summed E-state index contributed by atoms with van der Waals surface area (Å²) in [6, 6.07) is 14.7. The molecule has 6 nitrogen and oxygen atoms in total. The second-order valence-corrected chi connectivity index (χ2v) is 12.1. The predicted molar refractivity (Wildman–Crippen MR) is 135 cm³/mol. The fraction of sp³-hybridized carbons (Fsp3) is 0.467. The van der Waals surface area contributed by atoms with Gasteiger partial charge in [-0.15, -0.1) is 0 Å². The third kappa shape index (κ3) is 2.96.